The molecule has 0 aromatic carbocycles. The summed E-state index contributed by atoms with van der Waals surface area (Å²) in [7, 11) is 1.19. The first-order chi connectivity index (χ1) is 8.54. The van der Waals surface area contributed by atoms with Gasteiger partial charge in [-0.3, -0.25) is 9.78 Å². The highest BCUT2D eigenvalue weighted by Crippen LogP contribution is 2.26. The molecular weight excluding hydrogens is 266 g/mol. The van der Waals surface area contributed by atoms with Crippen molar-refractivity contribution in [2.45, 2.75) is 18.7 Å². The largest absolute Gasteiger partial charge is 0.469 e. The zero-order valence-electron chi connectivity index (χ0n) is 9.41. The van der Waals surface area contributed by atoms with Gasteiger partial charge in [0.2, 0.25) is 0 Å². The number of carbonyl (C=O) groups excluding carboxylic acids is 1. The van der Waals surface area contributed by atoms with Crippen LogP contribution in [-0.2, 0) is 21.8 Å². The number of pyridine rings is 1. The number of alkyl halides is 3. The van der Waals surface area contributed by atoms with E-state index in [4.69, 9.17) is 16.9 Å². The van der Waals surface area contributed by atoms with Crippen LogP contribution in [0.2, 0.25) is 0 Å². The Morgan fingerprint density at radius 3 is 2.78 bits per heavy atom. The van der Waals surface area contributed by atoms with E-state index in [0.717, 1.165) is 6.20 Å². The van der Waals surface area contributed by atoms with Gasteiger partial charge in [-0.15, -0.1) is 11.6 Å². The van der Waals surface area contributed by atoms with Crippen molar-refractivity contribution in [1.29, 1.82) is 5.26 Å². The van der Waals surface area contributed by atoms with Crippen LogP contribution in [0.4, 0.5) is 8.78 Å². The second-order valence-corrected chi connectivity index (χ2v) is 3.59. The lowest BCUT2D eigenvalue weighted by Crippen LogP contribution is -2.10. The van der Waals surface area contributed by atoms with Crippen molar-refractivity contribution < 1.29 is 18.3 Å². The lowest BCUT2D eigenvalue weighted by Gasteiger charge is -2.10. The monoisotopic (exact) mass is 274 g/mol. The molecule has 7 heteroatoms. The maximum Gasteiger partial charge on any atom is 0.310 e. The third-order valence-corrected chi connectivity index (χ3v) is 2.57. The van der Waals surface area contributed by atoms with E-state index in [0.29, 0.717) is 0 Å². The average molecular weight is 275 g/mol. The molecule has 1 heterocycles. The van der Waals surface area contributed by atoms with Crippen molar-refractivity contribution in [2.75, 3.05) is 7.11 Å². The maximum absolute atomic E-state index is 12.7. The molecule has 0 aliphatic heterocycles. The summed E-state index contributed by atoms with van der Waals surface area (Å²) >= 11 is 5.56. The smallest absolute Gasteiger partial charge is 0.310 e. The minimum atomic E-state index is -2.82. The summed E-state index contributed by atoms with van der Waals surface area (Å²) in [6.45, 7) is 0. The summed E-state index contributed by atoms with van der Waals surface area (Å²) in [6, 6.07) is 1.77. The third-order valence-electron chi connectivity index (χ3n) is 2.31. The van der Waals surface area contributed by atoms with Crippen molar-refractivity contribution in [3.63, 3.8) is 0 Å². The number of ether oxygens (including phenoxy) is 1. The molecule has 96 valence electrons. The maximum atomic E-state index is 12.7. The van der Waals surface area contributed by atoms with Gasteiger partial charge in [0.15, 0.2) is 0 Å². The number of hydrogen-bond acceptors (Lipinski definition) is 4. The SMILES string of the molecule is COC(=O)Cc1cnc(C(F)F)c(CCl)c1C#N. The Bertz CT molecular complexity index is 501. The Balaban J connectivity index is 3.31. The highest BCUT2D eigenvalue weighted by atomic mass is 35.5. The molecule has 1 rings (SSSR count). The molecule has 0 aliphatic rings. The van der Waals surface area contributed by atoms with E-state index in [1.165, 1.54) is 7.11 Å². The Labute approximate surface area is 107 Å². The molecule has 0 saturated heterocycles. The first kappa shape index (κ1) is 14.3. The molecule has 0 spiro atoms. The van der Waals surface area contributed by atoms with Crippen LogP contribution in [0.15, 0.2) is 6.20 Å². The van der Waals surface area contributed by atoms with Gasteiger partial charge in [0, 0.05) is 11.8 Å². The van der Waals surface area contributed by atoms with Gasteiger partial charge in [-0.25, -0.2) is 8.78 Å². The van der Waals surface area contributed by atoms with E-state index >= 15 is 0 Å². The molecule has 1 aromatic heterocycles. The number of methoxy groups -OCH3 is 1. The summed E-state index contributed by atoms with van der Waals surface area (Å²) < 4.78 is 29.8. The Kier molecular flexibility index (Phi) is 4.98. The van der Waals surface area contributed by atoms with E-state index in [1.807, 2.05) is 0 Å². The van der Waals surface area contributed by atoms with E-state index in [1.54, 1.807) is 6.07 Å². The Morgan fingerprint density at radius 2 is 2.33 bits per heavy atom. The van der Waals surface area contributed by atoms with Crippen molar-refractivity contribution >= 4 is 17.6 Å². The molecule has 0 N–H and O–H groups in total. The second-order valence-electron chi connectivity index (χ2n) is 3.32. The fourth-order valence-electron chi connectivity index (χ4n) is 1.44. The number of esters is 1. The van der Waals surface area contributed by atoms with Gasteiger partial charge < -0.3 is 4.74 Å². The first-order valence-electron chi connectivity index (χ1n) is 4.86. The van der Waals surface area contributed by atoms with Gasteiger partial charge >= 0.3 is 5.97 Å². The standard InChI is InChI=1S/C11H9ClF2N2O2/c1-18-9(17)2-6-5-16-10(11(13)14)7(3-12)8(6)4-15/h5,11H,2-3H2,1H3. The minimum absolute atomic E-state index is 0.0410. The number of rotatable bonds is 4. The van der Waals surface area contributed by atoms with Gasteiger partial charge in [-0.05, 0) is 5.56 Å². The molecular formula is C11H9ClF2N2O2. The van der Waals surface area contributed by atoms with Crippen LogP contribution in [0.1, 0.15) is 28.8 Å². The molecule has 0 radical (unpaired) electrons. The topological polar surface area (TPSA) is 63.0 Å². The summed E-state index contributed by atoms with van der Waals surface area (Å²) in [5, 5.41) is 8.99. The molecule has 4 nitrogen and oxygen atoms in total. The molecule has 0 bridgehead atoms. The van der Waals surface area contributed by atoms with Crippen molar-refractivity contribution in [3.8, 4) is 6.07 Å². The van der Waals surface area contributed by atoms with Crippen LogP contribution < -0.4 is 0 Å². The third kappa shape index (κ3) is 2.93. The molecule has 18 heavy (non-hydrogen) atoms. The second kappa shape index (κ2) is 6.26. The quantitative estimate of drug-likeness (QED) is 0.624. The van der Waals surface area contributed by atoms with Gasteiger partial charge in [0.1, 0.15) is 5.69 Å². The number of nitriles is 1. The van der Waals surface area contributed by atoms with Crippen LogP contribution in [0.3, 0.4) is 0 Å². The zero-order valence-corrected chi connectivity index (χ0v) is 10.2. The molecule has 0 fully saturated rings. The van der Waals surface area contributed by atoms with Gasteiger partial charge in [-0.1, -0.05) is 0 Å². The summed E-state index contributed by atoms with van der Waals surface area (Å²) in [6.07, 6.45) is -1.95. The van der Waals surface area contributed by atoms with Crippen LogP contribution in [0.5, 0.6) is 0 Å². The normalized spacial score (nSPS) is 10.2. The van der Waals surface area contributed by atoms with Gasteiger partial charge in [0.25, 0.3) is 6.43 Å². The average Bonchev–Trinajstić information content (AvgIpc) is 2.37. The molecule has 0 saturated carbocycles. The van der Waals surface area contributed by atoms with E-state index in [2.05, 4.69) is 9.72 Å². The lowest BCUT2D eigenvalue weighted by atomic mass is 10.0. The van der Waals surface area contributed by atoms with Crippen LogP contribution in [0.25, 0.3) is 0 Å². The number of nitrogens with zero attached hydrogens (tertiary/aromatic N) is 2. The predicted molar refractivity (Wildman–Crippen MR) is 59.2 cm³/mol. The van der Waals surface area contributed by atoms with Gasteiger partial charge in [0.05, 0.1) is 31.0 Å². The Hall–Kier alpha value is -1.74. The van der Waals surface area contributed by atoms with Crippen molar-refractivity contribution in [1.82, 2.24) is 4.98 Å². The molecule has 0 unspecified atom stereocenters. The van der Waals surface area contributed by atoms with Gasteiger partial charge in [-0.2, -0.15) is 5.26 Å². The highest BCUT2D eigenvalue weighted by molar-refractivity contribution is 6.17. The summed E-state index contributed by atoms with van der Waals surface area (Å²) in [4.78, 5) is 14.7. The number of halogens is 3. The molecule has 1 aromatic rings. The van der Waals surface area contributed by atoms with E-state index in [-0.39, 0.29) is 29.0 Å². The highest BCUT2D eigenvalue weighted by Gasteiger charge is 2.21. The Morgan fingerprint density at radius 1 is 1.67 bits per heavy atom. The van der Waals surface area contributed by atoms with Crippen LogP contribution in [-0.4, -0.2) is 18.1 Å². The fraction of sp³-hybridized carbons (Fsp3) is 0.364. The summed E-state index contributed by atoms with van der Waals surface area (Å²) in [5.41, 5.74) is -0.393. The summed E-state index contributed by atoms with van der Waals surface area (Å²) in [5.74, 6) is -0.858. The minimum Gasteiger partial charge on any atom is -0.469 e. The lowest BCUT2D eigenvalue weighted by molar-refractivity contribution is -0.139. The van der Waals surface area contributed by atoms with Crippen molar-refractivity contribution in [3.05, 3.63) is 28.6 Å². The molecule has 0 aliphatic carbocycles. The molecule has 0 atom stereocenters. The number of aromatic nitrogens is 1. The van der Waals surface area contributed by atoms with E-state index in [9.17, 15) is 13.6 Å². The predicted octanol–water partition coefficient (Wildman–Crippen LogP) is 2.35. The number of carbonyl (C=O) groups is 1. The number of hydrogen-bond donors (Lipinski definition) is 0. The van der Waals surface area contributed by atoms with Crippen LogP contribution in [0, 0.1) is 11.3 Å². The fourth-order valence-corrected chi connectivity index (χ4v) is 1.71. The first-order valence-corrected chi connectivity index (χ1v) is 5.40. The van der Waals surface area contributed by atoms with Crippen LogP contribution >= 0.6 is 11.6 Å². The van der Waals surface area contributed by atoms with Crippen molar-refractivity contribution in [2.24, 2.45) is 0 Å². The molecule has 0 amide bonds. The van der Waals surface area contributed by atoms with E-state index < -0.39 is 18.1 Å². The zero-order chi connectivity index (χ0) is 13.7.